The number of carbonyl (C=O) groups excluding carboxylic acids is 2. The first-order valence-electron chi connectivity index (χ1n) is 6.34. The van der Waals surface area contributed by atoms with E-state index in [2.05, 4.69) is 10.6 Å². The van der Waals surface area contributed by atoms with Gasteiger partial charge >= 0.3 is 5.97 Å². The molecule has 2 rings (SSSR count). The van der Waals surface area contributed by atoms with Crippen LogP contribution in [0.4, 0.5) is 0 Å². The maximum Gasteiger partial charge on any atom is 0.305 e. The number of carbonyl (C=O) groups is 3. The van der Waals surface area contributed by atoms with Gasteiger partial charge in [0.1, 0.15) is 6.04 Å². The Bertz CT molecular complexity index is 374. The normalized spacial score (nSPS) is 25.8. The summed E-state index contributed by atoms with van der Waals surface area (Å²) >= 11 is 0. The van der Waals surface area contributed by atoms with Gasteiger partial charge in [0.05, 0.1) is 12.0 Å². The highest BCUT2D eigenvalue weighted by atomic mass is 16.4. The molecule has 2 amide bonds. The first kappa shape index (κ1) is 12.9. The molecule has 0 radical (unpaired) electrons. The van der Waals surface area contributed by atoms with E-state index in [-0.39, 0.29) is 18.2 Å². The van der Waals surface area contributed by atoms with Gasteiger partial charge in [0.2, 0.25) is 11.8 Å². The van der Waals surface area contributed by atoms with Crippen LogP contribution in [0, 0.1) is 0 Å². The molecule has 6 heteroatoms. The predicted molar refractivity (Wildman–Crippen MR) is 62.8 cm³/mol. The van der Waals surface area contributed by atoms with Gasteiger partial charge in [-0.15, -0.1) is 0 Å². The molecule has 6 nitrogen and oxygen atoms in total. The molecule has 3 N–H and O–H groups in total. The van der Waals surface area contributed by atoms with Crippen LogP contribution in [0.5, 0.6) is 0 Å². The monoisotopic (exact) mass is 254 g/mol. The third kappa shape index (κ3) is 2.80. The van der Waals surface area contributed by atoms with Gasteiger partial charge in [-0.3, -0.25) is 14.4 Å². The molecule has 2 aliphatic rings. The van der Waals surface area contributed by atoms with Crippen molar-refractivity contribution in [2.24, 2.45) is 0 Å². The molecule has 0 aromatic carbocycles. The number of carboxylic acids is 1. The van der Waals surface area contributed by atoms with Gasteiger partial charge in [0, 0.05) is 6.42 Å². The van der Waals surface area contributed by atoms with E-state index in [4.69, 9.17) is 5.11 Å². The molecule has 0 aromatic heterocycles. The maximum absolute atomic E-state index is 12.0. The Hall–Kier alpha value is -1.59. The smallest absolute Gasteiger partial charge is 0.305 e. The summed E-state index contributed by atoms with van der Waals surface area (Å²) in [4.78, 5) is 34.0. The fourth-order valence-electron chi connectivity index (χ4n) is 2.85. The maximum atomic E-state index is 12.0. The van der Waals surface area contributed by atoms with Crippen LogP contribution in [0.2, 0.25) is 0 Å². The van der Waals surface area contributed by atoms with E-state index in [1.54, 1.807) is 0 Å². The highest BCUT2D eigenvalue weighted by molar-refractivity contribution is 5.91. The molecule has 0 aromatic rings. The Morgan fingerprint density at radius 3 is 2.56 bits per heavy atom. The molecule has 1 saturated carbocycles. The van der Waals surface area contributed by atoms with Gasteiger partial charge in [-0.05, 0) is 19.3 Å². The van der Waals surface area contributed by atoms with Crippen LogP contribution in [-0.2, 0) is 14.4 Å². The minimum absolute atomic E-state index is 0.0423. The van der Waals surface area contributed by atoms with Crippen LogP contribution in [-0.4, -0.2) is 34.5 Å². The van der Waals surface area contributed by atoms with Gasteiger partial charge in [-0.25, -0.2) is 0 Å². The summed E-state index contributed by atoms with van der Waals surface area (Å²) in [6.45, 7) is 0. The fraction of sp³-hybridized carbons (Fsp3) is 0.750. The minimum atomic E-state index is -0.896. The van der Waals surface area contributed by atoms with Crippen LogP contribution in [0.3, 0.4) is 0 Å². The molecule has 0 bridgehead atoms. The van der Waals surface area contributed by atoms with E-state index in [1.807, 2.05) is 0 Å². The van der Waals surface area contributed by atoms with Crippen LogP contribution < -0.4 is 10.6 Å². The Balaban J connectivity index is 1.98. The van der Waals surface area contributed by atoms with Crippen molar-refractivity contribution in [3.63, 3.8) is 0 Å². The number of hydrogen-bond donors (Lipinski definition) is 3. The van der Waals surface area contributed by atoms with Crippen LogP contribution in [0.15, 0.2) is 0 Å². The lowest BCUT2D eigenvalue weighted by molar-refractivity contribution is -0.139. The van der Waals surface area contributed by atoms with Gasteiger partial charge < -0.3 is 15.7 Å². The average Bonchev–Trinajstić information content (AvgIpc) is 2.87. The van der Waals surface area contributed by atoms with Crippen molar-refractivity contribution in [3.05, 3.63) is 0 Å². The van der Waals surface area contributed by atoms with Crippen LogP contribution in [0.25, 0.3) is 0 Å². The largest absolute Gasteiger partial charge is 0.481 e. The molecule has 100 valence electrons. The molecule has 2 fully saturated rings. The quantitative estimate of drug-likeness (QED) is 0.666. The van der Waals surface area contributed by atoms with E-state index in [0.717, 1.165) is 12.8 Å². The minimum Gasteiger partial charge on any atom is -0.481 e. The summed E-state index contributed by atoms with van der Waals surface area (Å²) in [5, 5.41) is 14.4. The predicted octanol–water partition coefficient (Wildman–Crippen LogP) is 0.169. The van der Waals surface area contributed by atoms with Crippen molar-refractivity contribution >= 4 is 17.8 Å². The molecule has 1 saturated heterocycles. The summed E-state index contributed by atoms with van der Waals surface area (Å²) in [6, 6.07) is -0.497. The molecule has 1 heterocycles. The summed E-state index contributed by atoms with van der Waals surface area (Å²) in [5.41, 5.74) is -0.615. The number of carboxylic acid groups (broad SMARTS) is 1. The van der Waals surface area contributed by atoms with Gasteiger partial charge in [-0.1, -0.05) is 12.8 Å². The van der Waals surface area contributed by atoms with E-state index >= 15 is 0 Å². The fourth-order valence-corrected chi connectivity index (χ4v) is 2.85. The zero-order chi connectivity index (χ0) is 13.2. The summed E-state index contributed by atoms with van der Waals surface area (Å²) < 4.78 is 0. The zero-order valence-corrected chi connectivity index (χ0v) is 10.2. The van der Waals surface area contributed by atoms with Crippen LogP contribution >= 0.6 is 0 Å². The zero-order valence-electron chi connectivity index (χ0n) is 10.2. The summed E-state index contributed by atoms with van der Waals surface area (Å²) in [7, 11) is 0. The average molecular weight is 254 g/mol. The topological polar surface area (TPSA) is 95.5 Å². The molecule has 0 spiro atoms. The Kier molecular flexibility index (Phi) is 3.54. The lowest BCUT2D eigenvalue weighted by Gasteiger charge is -2.30. The van der Waals surface area contributed by atoms with Gasteiger partial charge in [-0.2, -0.15) is 0 Å². The summed E-state index contributed by atoms with van der Waals surface area (Å²) in [5.74, 6) is -1.26. The van der Waals surface area contributed by atoms with Crippen molar-refractivity contribution < 1.29 is 19.5 Å². The number of nitrogens with one attached hydrogen (secondary N) is 2. The summed E-state index contributed by atoms with van der Waals surface area (Å²) in [6.07, 6.45) is 4.09. The SMILES string of the molecule is O=C(O)CC1(NC(=O)C2CCC(=O)N2)CCCC1. The Labute approximate surface area is 105 Å². The van der Waals surface area contributed by atoms with Crippen molar-refractivity contribution in [3.8, 4) is 0 Å². The highest BCUT2D eigenvalue weighted by Gasteiger charge is 2.39. The Morgan fingerprint density at radius 1 is 1.39 bits per heavy atom. The molecule has 18 heavy (non-hydrogen) atoms. The second kappa shape index (κ2) is 4.96. The lowest BCUT2D eigenvalue weighted by atomic mass is 9.92. The second-order valence-corrected chi connectivity index (χ2v) is 5.21. The first-order chi connectivity index (χ1) is 8.51. The number of aliphatic carboxylic acids is 1. The van der Waals surface area contributed by atoms with Crippen molar-refractivity contribution in [1.82, 2.24) is 10.6 Å². The third-order valence-corrected chi connectivity index (χ3v) is 3.75. The molecule has 1 atom stereocenters. The van der Waals surface area contributed by atoms with E-state index in [0.29, 0.717) is 25.7 Å². The number of rotatable bonds is 4. The van der Waals surface area contributed by atoms with E-state index < -0.39 is 17.6 Å². The lowest BCUT2D eigenvalue weighted by Crippen LogP contribution is -2.53. The number of hydrogen-bond acceptors (Lipinski definition) is 3. The van der Waals surface area contributed by atoms with Gasteiger partial charge in [0.25, 0.3) is 0 Å². The molecular formula is C12H18N2O4. The van der Waals surface area contributed by atoms with E-state index in [1.165, 1.54) is 0 Å². The molecule has 1 aliphatic heterocycles. The van der Waals surface area contributed by atoms with Crippen molar-refractivity contribution in [1.29, 1.82) is 0 Å². The first-order valence-corrected chi connectivity index (χ1v) is 6.34. The second-order valence-electron chi connectivity index (χ2n) is 5.21. The standard InChI is InChI=1S/C12H18N2O4/c15-9-4-3-8(13-9)11(18)14-12(7-10(16)17)5-1-2-6-12/h8H,1-7H2,(H,13,15)(H,14,18)(H,16,17). The number of amides is 2. The molecular weight excluding hydrogens is 236 g/mol. The van der Waals surface area contributed by atoms with Crippen LogP contribution in [0.1, 0.15) is 44.9 Å². The third-order valence-electron chi connectivity index (χ3n) is 3.75. The van der Waals surface area contributed by atoms with E-state index in [9.17, 15) is 14.4 Å². The Morgan fingerprint density at radius 2 is 2.06 bits per heavy atom. The van der Waals surface area contributed by atoms with Crippen molar-refractivity contribution in [2.75, 3.05) is 0 Å². The van der Waals surface area contributed by atoms with Crippen molar-refractivity contribution in [2.45, 2.75) is 56.5 Å². The highest BCUT2D eigenvalue weighted by Crippen LogP contribution is 2.32. The van der Waals surface area contributed by atoms with Gasteiger partial charge in [0.15, 0.2) is 0 Å². The molecule has 1 unspecified atom stereocenters. The molecule has 1 aliphatic carbocycles.